The summed E-state index contributed by atoms with van der Waals surface area (Å²) in [5, 5.41) is 0. The van der Waals surface area contributed by atoms with Gasteiger partial charge in [0.05, 0.1) is 7.11 Å². The highest BCUT2D eigenvalue weighted by molar-refractivity contribution is 5.57. The number of nitrogens with zero attached hydrogens (tertiary/aromatic N) is 1. The molecule has 3 aliphatic rings. The summed E-state index contributed by atoms with van der Waals surface area (Å²) in [5.41, 5.74) is 11.6. The van der Waals surface area contributed by atoms with Gasteiger partial charge in [0.15, 0.2) is 0 Å². The lowest BCUT2D eigenvalue weighted by Crippen LogP contribution is -2.61. The van der Waals surface area contributed by atoms with E-state index in [2.05, 4.69) is 35.2 Å². The fraction of sp³-hybridized carbons (Fsp3) is 0.478. The van der Waals surface area contributed by atoms with Crippen LogP contribution in [-0.4, -0.2) is 19.7 Å². The first kappa shape index (κ1) is 16.0. The lowest BCUT2D eigenvalue weighted by molar-refractivity contribution is 0.0983. The highest BCUT2D eigenvalue weighted by Crippen LogP contribution is 2.56. The van der Waals surface area contributed by atoms with E-state index in [1.165, 1.54) is 43.4 Å². The van der Waals surface area contributed by atoms with Crippen LogP contribution in [0, 0.1) is 5.92 Å². The molecule has 3 nitrogen and oxygen atoms in total. The Morgan fingerprint density at radius 2 is 1.92 bits per heavy atom. The largest absolute Gasteiger partial charge is 0.497 e. The third kappa shape index (κ3) is 2.26. The van der Waals surface area contributed by atoms with Crippen molar-refractivity contribution in [3.8, 4) is 5.75 Å². The molecular formula is C23H28N2O. The highest BCUT2D eigenvalue weighted by Gasteiger charge is 2.53. The molecular weight excluding hydrogens is 320 g/mol. The lowest BCUT2D eigenvalue weighted by atomic mass is 9.52. The molecule has 2 fully saturated rings. The number of methoxy groups -OCH3 is 1. The summed E-state index contributed by atoms with van der Waals surface area (Å²) in [4.78, 5) is 2.67. The van der Waals surface area contributed by atoms with E-state index in [4.69, 9.17) is 10.5 Å². The van der Waals surface area contributed by atoms with Crippen LogP contribution < -0.4 is 15.4 Å². The van der Waals surface area contributed by atoms with Gasteiger partial charge in [0.2, 0.25) is 0 Å². The first-order chi connectivity index (χ1) is 12.7. The number of nitrogen functional groups attached to an aromatic ring is 1. The molecule has 2 aromatic rings. The van der Waals surface area contributed by atoms with Crippen LogP contribution >= 0.6 is 0 Å². The molecule has 2 aliphatic carbocycles. The average Bonchev–Trinajstić information content (AvgIpc) is 2.69. The van der Waals surface area contributed by atoms with E-state index in [-0.39, 0.29) is 0 Å². The molecule has 0 spiro atoms. The van der Waals surface area contributed by atoms with E-state index in [9.17, 15) is 0 Å². The quantitative estimate of drug-likeness (QED) is 0.810. The fourth-order valence-corrected chi connectivity index (χ4v) is 6.10. The Hall–Kier alpha value is -2.16. The molecule has 3 heteroatoms. The van der Waals surface area contributed by atoms with Crippen molar-refractivity contribution in [1.82, 2.24) is 0 Å². The van der Waals surface area contributed by atoms with E-state index in [0.717, 1.165) is 30.3 Å². The highest BCUT2D eigenvalue weighted by atomic mass is 16.5. The monoisotopic (exact) mass is 348 g/mol. The van der Waals surface area contributed by atoms with Gasteiger partial charge in [-0.2, -0.15) is 0 Å². The zero-order valence-corrected chi connectivity index (χ0v) is 15.6. The molecule has 2 bridgehead atoms. The molecule has 0 unspecified atom stereocenters. The van der Waals surface area contributed by atoms with Gasteiger partial charge in [-0.15, -0.1) is 0 Å². The number of benzene rings is 2. The normalized spacial score (nSPS) is 29.7. The maximum atomic E-state index is 5.92. The Morgan fingerprint density at radius 3 is 2.73 bits per heavy atom. The molecule has 136 valence electrons. The topological polar surface area (TPSA) is 38.5 Å². The summed E-state index contributed by atoms with van der Waals surface area (Å²) < 4.78 is 5.57. The standard InChI is InChI=1S/C23H28N2O/c1-26-19-10-5-16-14-22-20-4-2-3-11-23(20,21(16)15-19)12-13-25(22)18-8-6-17(24)7-9-18/h5-10,15,20,22H,2-4,11-14,24H2,1H3/t20-,22+,23+/m1/s1. The maximum Gasteiger partial charge on any atom is 0.119 e. The van der Waals surface area contributed by atoms with Gasteiger partial charge in [-0.1, -0.05) is 18.9 Å². The number of anilines is 2. The number of ether oxygens (including phenoxy) is 1. The fourth-order valence-electron chi connectivity index (χ4n) is 6.10. The van der Waals surface area contributed by atoms with Crippen LogP contribution in [0.2, 0.25) is 0 Å². The maximum absolute atomic E-state index is 5.92. The summed E-state index contributed by atoms with van der Waals surface area (Å²) in [6.07, 6.45) is 7.82. The van der Waals surface area contributed by atoms with Crippen molar-refractivity contribution in [2.75, 3.05) is 24.3 Å². The van der Waals surface area contributed by atoms with Gasteiger partial charge in [0.1, 0.15) is 5.75 Å². The van der Waals surface area contributed by atoms with Crippen molar-refractivity contribution in [1.29, 1.82) is 0 Å². The Kier molecular flexibility index (Phi) is 3.66. The van der Waals surface area contributed by atoms with Crippen molar-refractivity contribution in [3.63, 3.8) is 0 Å². The van der Waals surface area contributed by atoms with Gasteiger partial charge in [-0.25, -0.2) is 0 Å². The summed E-state index contributed by atoms with van der Waals surface area (Å²) in [5.74, 6) is 1.77. The molecule has 1 saturated carbocycles. The van der Waals surface area contributed by atoms with Crippen LogP contribution in [-0.2, 0) is 11.8 Å². The van der Waals surface area contributed by atoms with Crippen LogP contribution in [0.1, 0.15) is 43.2 Å². The average molecular weight is 348 g/mol. The van der Waals surface area contributed by atoms with Crippen LogP contribution in [0.25, 0.3) is 0 Å². The zero-order valence-electron chi connectivity index (χ0n) is 15.6. The Morgan fingerprint density at radius 1 is 1.08 bits per heavy atom. The second-order valence-electron chi connectivity index (χ2n) is 8.34. The van der Waals surface area contributed by atoms with Crippen molar-refractivity contribution < 1.29 is 4.74 Å². The lowest BCUT2D eigenvalue weighted by Gasteiger charge is -2.59. The molecule has 26 heavy (non-hydrogen) atoms. The number of rotatable bonds is 2. The number of piperidine rings is 1. The molecule has 0 radical (unpaired) electrons. The zero-order chi connectivity index (χ0) is 17.7. The smallest absolute Gasteiger partial charge is 0.119 e. The van der Waals surface area contributed by atoms with Crippen molar-refractivity contribution in [3.05, 3.63) is 53.6 Å². The second kappa shape index (κ2) is 5.94. The summed E-state index contributed by atoms with van der Waals surface area (Å²) in [7, 11) is 1.78. The summed E-state index contributed by atoms with van der Waals surface area (Å²) >= 11 is 0. The first-order valence-corrected chi connectivity index (χ1v) is 10.0. The van der Waals surface area contributed by atoms with Crippen LogP contribution in [0.3, 0.4) is 0 Å². The van der Waals surface area contributed by atoms with Gasteiger partial charge in [-0.3, -0.25) is 0 Å². The van der Waals surface area contributed by atoms with Crippen LogP contribution in [0.15, 0.2) is 42.5 Å². The summed E-state index contributed by atoms with van der Waals surface area (Å²) in [6.45, 7) is 1.14. The third-order valence-electron chi connectivity index (χ3n) is 7.27. The van der Waals surface area contributed by atoms with Crippen molar-refractivity contribution >= 4 is 11.4 Å². The van der Waals surface area contributed by atoms with Crippen molar-refractivity contribution in [2.45, 2.75) is 50.0 Å². The molecule has 3 atom stereocenters. The molecule has 2 aromatic carbocycles. The molecule has 0 amide bonds. The number of fused-ring (bicyclic) bond motifs is 1. The van der Waals surface area contributed by atoms with Gasteiger partial charge in [0.25, 0.3) is 0 Å². The predicted octanol–water partition coefficient (Wildman–Crippen LogP) is 4.54. The SMILES string of the molecule is COc1ccc2c(c1)[C@]13CCCC[C@@H]1[C@H](C2)N(c1ccc(N)cc1)CC3. The molecule has 1 saturated heterocycles. The minimum Gasteiger partial charge on any atom is -0.497 e. The van der Waals surface area contributed by atoms with Crippen LogP contribution in [0.5, 0.6) is 5.75 Å². The van der Waals surface area contributed by atoms with E-state index >= 15 is 0 Å². The Balaban J connectivity index is 1.60. The third-order valence-corrected chi connectivity index (χ3v) is 7.27. The molecule has 1 aliphatic heterocycles. The van der Waals surface area contributed by atoms with E-state index < -0.39 is 0 Å². The molecule has 1 heterocycles. The number of nitrogens with two attached hydrogens (primary N) is 1. The van der Waals surface area contributed by atoms with Gasteiger partial charge < -0.3 is 15.4 Å². The molecule has 0 aromatic heterocycles. The van der Waals surface area contributed by atoms with E-state index in [1.807, 2.05) is 12.1 Å². The summed E-state index contributed by atoms with van der Waals surface area (Å²) in [6, 6.07) is 15.9. The minimum atomic E-state index is 0.356. The predicted molar refractivity (Wildman–Crippen MR) is 107 cm³/mol. The minimum absolute atomic E-state index is 0.356. The van der Waals surface area contributed by atoms with Crippen molar-refractivity contribution in [2.24, 2.45) is 5.92 Å². The number of hydrogen-bond acceptors (Lipinski definition) is 3. The Bertz CT molecular complexity index is 815. The van der Waals surface area contributed by atoms with Gasteiger partial charge >= 0.3 is 0 Å². The first-order valence-electron chi connectivity index (χ1n) is 10.0. The van der Waals surface area contributed by atoms with Gasteiger partial charge in [-0.05, 0) is 79.1 Å². The van der Waals surface area contributed by atoms with E-state index in [1.54, 1.807) is 12.7 Å². The molecule has 2 N–H and O–H groups in total. The molecule has 5 rings (SSSR count). The van der Waals surface area contributed by atoms with Gasteiger partial charge in [0, 0.05) is 29.4 Å². The number of hydrogen-bond donors (Lipinski definition) is 1. The Labute approximate surface area is 156 Å². The van der Waals surface area contributed by atoms with Crippen LogP contribution in [0.4, 0.5) is 11.4 Å². The van der Waals surface area contributed by atoms with E-state index in [0.29, 0.717) is 11.5 Å². The second-order valence-corrected chi connectivity index (χ2v) is 8.34.